The van der Waals surface area contributed by atoms with E-state index in [0.29, 0.717) is 42.0 Å². The van der Waals surface area contributed by atoms with E-state index >= 15 is 4.39 Å². The van der Waals surface area contributed by atoms with Crippen molar-refractivity contribution in [2.24, 2.45) is 0 Å². The van der Waals surface area contributed by atoms with Gasteiger partial charge in [-0.2, -0.15) is 15.1 Å². The quantitative estimate of drug-likeness (QED) is 0.264. The Labute approximate surface area is 265 Å². The van der Waals surface area contributed by atoms with Crippen molar-refractivity contribution in [1.82, 2.24) is 30.0 Å². The average Bonchev–Trinajstić information content (AvgIpc) is 3.79. The summed E-state index contributed by atoms with van der Waals surface area (Å²) in [6.07, 6.45) is 5.88. The molecule has 3 saturated heterocycles. The monoisotopic (exact) mass is 621 g/mol. The number of aromatic nitrogens is 4. The van der Waals surface area contributed by atoms with Gasteiger partial charge in [0.15, 0.2) is 5.82 Å². The molecule has 0 spiro atoms. The van der Waals surface area contributed by atoms with Crippen LogP contribution >= 0.6 is 0 Å². The number of rotatable bonds is 7. The van der Waals surface area contributed by atoms with E-state index in [9.17, 15) is 9.90 Å². The van der Waals surface area contributed by atoms with Gasteiger partial charge >= 0.3 is 6.01 Å². The van der Waals surface area contributed by atoms with Crippen molar-refractivity contribution >= 4 is 33.4 Å². The fourth-order valence-corrected chi connectivity index (χ4v) is 7.64. The first-order chi connectivity index (χ1) is 22.4. The van der Waals surface area contributed by atoms with Crippen LogP contribution in [0.4, 0.5) is 10.2 Å². The second-order valence-electron chi connectivity index (χ2n) is 12.8. The standard InChI is InChI=1S/C35H36FN7O3/c1-41-14-4-6-25(41)20-46-35-38-33-29(11-10-28(32(33)36)30-17-26(44)15-21-5-2-3-7-27(21)30)34(39-35)42-18-23-8-9-24(19-42)43(23)31(45)16-22-12-13-37-40-22/h2-3,5,7,10-13,15,17,23-25,44H,4,6,8-9,14,16,18-20H2,1H3,(H,37,40)/t23?,24?,25-/m0/s1. The molecule has 3 aliphatic heterocycles. The van der Waals surface area contributed by atoms with Gasteiger partial charge in [-0.25, -0.2) is 4.39 Å². The number of carbonyl (C=O) groups is 1. The highest BCUT2D eigenvalue weighted by molar-refractivity contribution is 6.01. The molecule has 3 fully saturated rings. The van der Waals surface area contributed by atoms with E-state index in [0.717, 1.165) is 48.7 Å². The zero-order valence-electron chi connectivity index (χ0n) is 25.7. The highest BCUT2D eigenvalue weighted by Gasteiger charge is 2.43. The number of fused-ring (bicyclic) bond motifs is 4. The average molecular weight is 622 g/mol. The van der Waals surface area contributed by atoms with E-state index in [4.69, 9.17) is 9.72 Å². The SMILES string of the molecule is CN1CCC[C@H]1COc1nc(N2CC3CCC(C2)N3C(=O)Cc2ccn[nH]2)c2ccc(-c3cc(O)cc4ccccc34)c(F)c2n1. The number of piperazine rings is 1. The molecule has 0 saturated carbocycles. The number of nitrogens with one attached hydrogen (secondary N) is 1. The highest BCUT2D eigenvalue weighted by Crippen LogP contribution is 2.40. The minimum atomic E-state index is -0.490. The minimum Gasteiger partial charge on any atom is -0.508 e. The number of anilines is 1. The number of phenols is 1. The summed E-state index contributed by atoms with van der Waals surface area (Å²) >= 11 is 0. The van der Waals surface area contributed by atoms with Crippen LogP contribution in [0.1, 0.15) is 31.4 Å². The van der Waals surface area contributed by atoms with Crippen LogP contribution in [0.25, 0.3) is 32.8 Å². The van der Waals surface area contributed by atoms with Crippen LogP contribution in [0.3, 0.4) is 0 Å². The summed E-state index contributed by atoms with van der Waals surface area (Å²) in [7, 11) is 2.09. The molecule has 2 unspecified atom stereocenters. The number of halogens is 1. The molecule has 0 radical (unpaired) electrons. The molecule has 46 heavy (non-hydrogen) atoms. The van der Waals surface area contributed by atoms with E-state index in [1.54, 1.807) is 24.4 Å². The number of likely N-dealkylation sites (tertiary alicyclic amines) is 1. The minimum absolute atomic E-state index is 0.0264. The zero-order chi connectivity index (χ0) is 31.4. The maximum atomic E-state index is 16.7. The molecule has 2 aromatic heterocycles. The third kappa shape index (κ3) is 5.08. The van der Waals surface area contributed by atoms with E-state index < -0.39 is 5.82 Å². The number of hydrogen-bond donors (Lipinski definition) is 2. The van der Waals surface area contributed by atoms with E-state index in [-0.39, 0.29) is 47.7 Å². The number of nitrogens with zero attached hydrogens (tertiary/aromatic N) is 6. The zero-order valence-corrected chi connectivity index (χ0v) is 25.7. The van der Waals surface area contributed by atoms with Crippen molar-refractivity contribution in [2.45, 2.75) is 50.2 Å². The molecule has 236 valence electrons. The van der Waals surface area contributed by atoms with Gasteiger partial charge in [-0.15, -0.1) is 0 Å². The number of hydrogen-bond acceptors (Lipinski definition) is 8. The summed E-state index contributed by atoms with van der Waals surface area (Å²) in [6.45, 7) is 2.60. The number of amides is 1. The van der Waals surface area contributed by atoms with Gasteiger partial charge in [0.05, 0.1) is 6.42 Å². The summed E-state index contributed by atoms with van der Waals surface area (Å²) in [5.74, 6) is 0.277. The van der Waals surface area contributed by atoms with Crippen LogP contribution < -0.4 is 9.64 Å². The predicted octanol–water partition coefficient (Wildman–Crippen LogP) is 4.91. The van der Waals surface area contributed by atoms with E-state index in [1.165, 1.54) is 0 Å². The second-order valence-corrected chi connectivity index (χ2v) is 12.8. The van der Waals surface area contributed by atoms with Gasteiger partial charge < -0.3 is 24.5 Å². The fourth-order valence-electron chi connectivity index (χ4n) is 7.64. The first kappa shape index (κ1) is 28.7. The molecule has 5 heterocycles. The Morgan fingerprint density at radius 2 is 1.85 bits per heavy atom. The van der Waals surface area contributed by atoms with E-state index in [2.05, 4.69) is 32.0 Å². The number of likely N-dealkylation sites (N-methyl/N-ethyl adjacent to an activating group) is 1. The molecular weight excluding hydrogens is 585 g/mol. The third-order valence-electron chi connectivity index (χ3n) is 9.95. The Bertz CT molecular complexity index is 1920. The Balaban J connectivity index is 1.18. The largest absolute Gasteiger partial charge is 0.508 e. The van der Waals surface area contributed by atoms with Gasteiger partial charge in [0.2, 0.25) is 5.91 Å². The first-order valence-electron chi connectivity index (χ1n) is 16.0. The molecule has 8 rings (SSSR count). The molecule has 1 amide bonds. The summed E-state index contributed by atoms with van der Waals surface area (Å²) in [6, 6.07) is 16.8. The molecule has 11 heteroatoms. The molecule has 3 aliphatic rings. The number of phenolic OH excluding ortho intramolecular Hbond substituents is 1. The number of carbonyl (C=O) groups excluding carboxylic acids is 1. The molecule has 3 aromatic carbocycles. The van der Waals surface area contributed by atoms with Crippen molar-refractivity contribution in [1.29, 1.82) is 0 Å². The predicted molar refractivity (Wildman–Crippen MR) is 173 cm³/mol. The molecule has 2 N–H and O–H groups in total. The first-order valence-corrected chi connectivity index (χ1v) is 16.0. The number of benzene rings is 3. The van der Waals surface area contributed by atoms with Crippen molar-refractivity contribution in [3.05, 3.63) is 72.3 Å². The Kier molecular flexibility index (Phi) is 7.20. The van der Waals surface area contributed by atoms with Gasteiger partial charge in [-0.3, -0.25) is 9.89 Å². The lowest BCUT2D eigenvalue weighted by atomic mass is 9.96. The van der Waals surface area contributed by atoms with Gasteiger partial charge in [-0.1, -0.05) is 30.3 Å². The Morgan fingerprint density at radius 3 is 2.61 bits per heavy atom. The van der Waals surface area contributed by atoms with E-state index in [1.807, 2.05) is 41.3 Å². The van der Waals surface area contributed by atoms with Crippen LogP contribution in [-0.2, 0) is 11.2 Å². The highest BCUT2D eigenvalue weighted by atomic mass is 19.1. The van der Waals surface area contributed by atoms with Gasteiger partial charge in [0.1, 0.15) is 23.7 Å². The van der Waals surface area contributed by atoms with Crippen molar-refractivity contribution in [3.63, 3.8) is 0 Å². The second kappa shape index (κ2) is 11.5. The van der Waals surface area contributed by atoms with Gasteiger partial charge in [0.25, 0.3) is 0 Å². The maximum Gasteiger partial charge on any atom is 0.319 e. The smallest absolute Gasteiger partial charge is 0.319 e. The van der Waals surface area contributed by atoms with Crippen LogP contribution in [-0.4, -0.2) is 92.4 Å². The van der Waals surface area contributed by atoms with Crippen molar-refractivity contribution in [3.8, 4) is 22.9 Å². The lowest BCUT2D eigenvalue weighted by molar-refractivity contribution is -0.133. The lowest BCUT2D eigenvalue weighted by Gasteiger charge is -2.42. The summed E-state index contributed by atoms with van der Waals surface area (Å²) in [4.78, 5) is 29.4. The Hall–Kier alpha value is -4.77. The third-order valence-corrected chi connectivity index (χ3v) is 9.95. The Morgan fingerprint density at radius 1 is 1.02 bits per heavy atom. The maximum absolute atomic E-state index is 16.7. The van der Waals surface area contributed by atoms with Crippen molar-refractivity contribution < 1.29 is 19.0 Å². The molecule has 10 nitrogen and oxygen atoms in total. The number of aromatic amines is 1. The molecule has 2 bridgehead atoms. The number of ether oxygens (including phenoxy) is 1. The van der Waals surface area contributed by atoms with Crippen molar-refractivity contribution in [2.75, 3.05) is 38.2 Å². The lowest BCUT2D eigenvalue weighted by Crippen LogP contribution is -2.56. The van der Waals surface area contributed by atoms with Crippen LogP contribution in [0.5, 0.6) is 11.8 Å². The topological polar surface area (TPSA) is 111 Å². The van der Waals surface area contributed by atoms with Crippen LogP contribution in [0.15, 0.2) is 60.8 Å². The number of H-pyrrole nitrogens is 1. The normalized spacial score (nSPS) is 21.5. The molecule has 0 aliphatic carbocycles. The molecular formula is C35H36FN7O3. The van der Waals surface area contributed by atoms with Crippen LogP contribution in [0, 0.1) is 5.82 Å². The van der Waals surface area contributed by atoms with Gasteiger partial charge in [0, 0.05) is 54.1 Å². The molecule has 5 aromatic rings. The summed E-state index contributed by atoms with van der Waals surface area (Å²) < 4.78 is 22.9. The molecule has 3 atom stereocenters. The fraction of sp³-hybridized carbons (Fsp3) is 0.371. The number of aromatic hydroxyl groups is 1. The summed E-state index contributed by atoms with van der Waals surface area (Å²) in [5, 5.41) is 19.6. The van der Waals surface area contributed by atoms with Crippen LogP contribution in [0.2, 0.25) is 0 Å². The van der Waals surface area contributed by atoms with Gasteiger partial charge in [-0.05, 0) is 79.9 Å². The summed E-state index contributed by atoms with van der Waals surface area (Å²) in [5.41, 5.74) is 1.91.